The maximum absolute atomic E-state index is 12.1. The molecular weight excluding hydrogens is 321 g/mol. The molecule has 1 aromatic carbocycles. The summed E-state index contributed by atoms with van der Waals surface area (Å²) in [6.07, 6.45) is 3.16. The summed E-state index contributed by atoms with van der Waals surface area (Å²) in [6.45, 7) is 1.95. The topological polar surface area (TPSA) is 35.9 Å². The summed E-state index contributed by atoms with van der Waals surface area (Å²) in [5.41, 5.74) is 3.42. The lowest BCUT2D eigenvalue weighted by atomic mass is 10.0. The highest BCUT2D eigenvalue weighted by Crippen LogP contribution is 2.27. The Morgan fingerprint density at radius 3 is 2.55 bits per heavy atom. The molecule has 0 fully saturated rings. The van der Waals surface area contributed by atoms with Gasteiger partial charge in [-0.15, -0.1) is 0 Å². The molecule has 2 rings (SSSR count). The number of amides is 1. The predicted molar refractivity (Wildman–Crippen MR) is 91.5 cm³/mol. The molecule has 1 amide bonds. The molecule has 1 heterocycles. The van der Waals surface area contributed by atoms with E-state index in [9.17, 15) is 4.79 Å². The average Bonchev–Trinajstić information content (AvgIpc) is 2.69. The molecule has 1 aromatic rings. The van der Waals surface area contributed by atoms with Crippen molar-refractivity contribution in [2.24, 2.45) is 5.10 Å². The molecule has 0 aromatic heterocycles. The van der Waals surface area contributed by atoms with E-state index in [0.29, 0.717) is 28.5 Å². The van der Waals surface area contributed by atoms with E-state index in [1.54, 1.807) is 19.3 Å². The predicted octanol–water partition coefficient (Wildman–Crippen LogP) is 3.51. The van der Waals surface area contributed by atoms with Gasteiger partial charge in [-0.1, -0.05) is 29.3 Å². The Morgan fingerprint density at radius 2 is 1.91 bits per heavy atom. The Kier molecular flexibility index (Phi) is 5.14. The number of halogens is 2. The van der Waals surface area contributed by atoms with E-state index in [4.69, 9.17) is 23.2 Å². The highest BCUT2D eigenvalue weighted by atomic mass is 35.5. The van der Waals surface area contributed by atoms with Crippen LogP contribution in [0.1, 0.15) is 17.5 Å². The molecule has 0 bridgehead atoms. The van der Waals surface area contributed by atoms with Crippen LogP contribution >= 0.6 is 23.2 Å². The summed E-state index contributed by atoms with van der Waals surface area (Å²) in [4.78, 5) is 13.9. The van der Waals surface area contributed by atoms with Crippen LogP contribution in [0.25, 0.3) is 0 Å². The minimum Gasteiger partial charge on any atom is -0.383 e. The quantitative estimate of drug-likeness (QED) is 0.787. The van der Waals surface area contributed by atoms with Gasteiger partial charge in [-0.05, 0) is 37.0 Å². The fourth-order valence-corrected chi connectivity index (χ4v) is 2.79. The van der Waals surface area contributed by atoms with E-state index in [2.05, 4.69) is 5.10 Å². The van der Waals surface area contributed by atoms with Gasteiger partial charge in [0.1, 0.15) is 0 Å². The number of carbonyl (C=O) groups is 1. The Labute approximate surface area is 141 Å². The standard InChI is InChI=1S/C16H19Cl2N3O/c1-10-7-11(14(18)8-13(10)17)5-6-15-12(9-20(2)3)16(22)21(4)19-15/h7-9H,5-6H2,1-4H3. The number of benzene rings is 1. The smallest absolute Gasteiger partial charge is 0.277 e. The summed E-state index contributed by atoms with van der Waals surface area (Å²) in [6, 6.07) is 3.75. The average molecular weight is 340 g/mol. The zero-order valence-corrected chi connectivity index (χ0v) is 14.7. The highest BCUT2D eigenvalue weighted by Gasteiger charge is 2.27. The fourth-order valence-electron chi connectivity index (χ4n) is 2.31. The van der Waals surface area contributed by atoms with Crippen molar-refractivity contribution in [3.05, 3.63) is 45.1 Å². The number of hydrogen-bond donors (Lipinski definition) is 0. The highest BCUT2D eigenvalue weighted by molar-refractivity contribution is 6.35. The van der Waals surface area contributed by atoms with Gasteiger partial charge in [-0.25, -0.2) is 5.01 Å². The van der Waals surface area contributed by atoms with Gasteiger partial charge in [0.25, 0.3) is 5.91 Å². The first-order chi connectivity index (χ1) is 10.3. The molecule has 0 radical (unpaired) electrons. The van der Waals surface area contributed by atoms with E-state index < -0.39 is 0 Å². The molecule has 0 saturated heterocycles. The van der Waals surface area contributed by atoms with Crippen molar-refractivity contribution in [3.8, 4) is 0 Å². The lowest BCUT2D eigenvalue weighted by Gasteiger charge is -2.09. The van der Waals surface area contributed by atoms with Crippen LogP contribution in [-0.4, -0.2) is 42.7 Å². The molecule has 1 aliphatic heterocycles. The van der Waals surface area contributed by atoms with Gasteiger partial charge in [0.2, 0.25) is 0 Å². The van der Waals surface area contributed by atoms with Gasteiger partial charge in [-0.3, -0.25) is 4.79 Å². The summed E-state index contributed by atoms with van der Waals surface area (Å²) in [5.74, 6) is -0.0814. The molecule has 4 nitrogen and oxygen atoms in total. The van der Waals surface area contributed by atoms with Gasteiger partial charge >= 0.3 is 0 Å². The number of hydrazone groups is 1. The Morgan fingerprint density at radius 1 is 1.23 bits per heavy atom. The minimum absolute atomic E-state index is 0.0814. The van der Waals surface area contributed by atoms with Crippen molar-refractivity contribution in [3.63, 3.8) is 0 Å². The second-order valence-corrected chi connectivity index (χ2v) is 6.39. The maximum Gasteiger partial charge on any atom is 0.277 e. The first-order valence-electron chi connectivity index (χ1n) is 6.98. The van der Waals surface area contributed by atoms with Crippen molar-refractivity contribution < 1.29 is 4.79 Å². The van der Waals surface area contributed by atoms with Crippen molar-refractivity contribution in [2.75, 3.05) is 21.1 Å². The second-order valence-electron chi connectivity index (χ2n) is 5.57. The van der Waals surface area contributed by atoms with Crippen LogP contribution in [0.15, 0.2) is 29.0 Å². The van der Waals surface area contributed by atoms with Crippen molar-refractivity contribution >= 4 is 34.8 Å². The Balaban J connectivity index is 2.19. The first kappa shape index (κ1) is 16.8. The van der Waals surface area contributed by atoms with Crippen molar-refractivity contribution in [1.29, 1.82) is 0 Å². The second kappa shape index (κ2) is 6.71. The van der Waals surface area contributed by atoms with Crippen LogP contribution in [0.4, 0.5) is 0 Å². The molecule has 6 heteroatoms. The van der Waals surface area contributed by atoms with Crippen LogP contribution in [-0.2, 0) is 11.2 Å². The lowest BCUT2D eigenvalue weighted by molar-refractivity contribution is -0.124. The van der Waals surface area contributed by atoms with Gasteiger partial charge in [-0.2, -0.15) is 5.10 Å². The molecule has 0 spiro atoms. The Hall–Kier alpha value is -1.52. The van der Waals surface area contributed by atoms with Gasteiger partial charge in [0, 0.05) is 37.4 Å². The maximum atomic E-state index is 12.1. The van der Waals surface area contributed by atoms with E-state index in [0.717, 1.165) is 16.8 Å². The monoisotopic (exact) mass is 339 g/mol. The summed E-state index contributed by atoms with van der Waals surface area (Å²) >= 11 is 12.3. The first-order valence-corrected chi connectivity index (χ1v) is 7.74. The van der Waals surface area contributed by atoms with Crippen LogP contribution in [0.2, 0.25) is 10.0 Å². The molecule has 1 aliphatic rings. The van der Waals surface area contributed by atoms with E-state index >= 15 is 0 Å². The molecule has 118 valence electrons. The van der Waals surface area contributed by atoms with Gasteiger partial charge in [0.15, 0.2) is 0 Å². The summed E-state index contributed by atoms with van der Waals surface area (Å²) in [7, 11) is 5.43. The molecular formula is C16H19Cl2N3O. The number of nitrogens with zero attached hydrogens (tertiary/aromatic N) is 3. The third-order valence-electron chi connectivity index (χ3n) is 3.45. The summed E-state index contributed by atoms with van der Waals surface area (Å²) < 4.78 is 0. The van der Waals surface area contributed by atoms with Gasteiger partial charge < -0.3 is 4.90 Å². The molecule has 0 saturated carbocycles. The third-order valence-corrected chi connectivity index (χ3v) is 4.21. The van der Waals surface area contributed by atoms with E-state index in [-0.39, 0.29) is 5.91 Å². The Bertz CT molecular complexity index is 666. The lowest BCUT2D eigenvalue weighted by Crippen LogP contribution is -2.19. The van der Waals surface area contributed by atoms with Crippen LogP contribution < -0.4 is 0 Å². The van der Waals surface area contributed by atoms with Crippen LogP contribution in [0, 0.1) is 6.92 Å². The largest absolute Gasteiger partial charge is 0.383 e. The number of rotatable bonds is 4. The van der Waals surface area contributed by atoms with Crippen molar-refractivity contribution in [1.82, 2.24) is 9.91 Å². The van der Waals surface area contributed by atoms with Crippen molar-refractivity contribution in [2.45, 2.75) is 19.8 Å². The molecule has 0 atom stereocenters. The van der Waals surface area contributed by atoms with Gasteiger partial charge in [0.05, 0.1) is 11.3 Å². The van der Waals surface area contributed by atoms with Crippen LogP contribution in [0.5, 0.6) is 0 Å². The minimum atomic E-state index is -0.0814. The summed E-state index contributed by atoms with van der Waals surface area (Å²) in [5, 5.41) is 7.01. The number of likely N-dealkylation sites (N-methyl/N-ethyl adjacent to an activating group) is 1. The SMILES string of the molecule is Cc1cc(CCC2=NN(C)C(=O)C2=CN(C)C)c(Cl)cc1Cl. The molecule has 22 heavy (non-hydrogen) atoms. The number of aryl methyl sites for hydroxylation is 2. The van der Waals surface area contributed by atoms with Crippen LogP contribution in [0.3, 0.4) is 0 Å². The normalized spacial score (nSPS) is 16.5. The molecule has 0 unspecified atom stereocenters. The molecule has 0 N–H and O–H groups in total. The zero-order chi connectivity index (χ0) is 16.4. The van der Waals surface area contributed by atoms with E-state index in [1.165, 1.54) is 5.01 Å². The zero-order valence-electron chi connectivity index (χ0n) is 13.2. The molecule has 0 aliphatic carbocycles. The number of hydrogen-bond acceptors (Lipinski definition) is 3. The third kappa shape index (κ3) is 3.62. The fraction of sp³-hybridized carbons (Fsp3) is 0.375. The number of carbonyl (C=O) groups excluding carboxylic acids is 1. The van der Waals surface area contributed by atoms with E-state index in [1.807, 2.05) is 32.0 Å².